The van der Waals surface area contributed by atoms with Gasteiger partial charge in [0.2, 0.25) is 5.91 Å². The number of rotatable bonds is 6. The Morgan fingerprint density at radius 2 is 2.09 bits per heavy atom. The fraction of sp³-hybridized carbons (Fsp3) is 0.588. The van der Waals surface area contributed by atoms with Crippen LogP contribution in [0, 0.1) is 5.41 Å². The van der Waals surface area contributed by atoms with Gasteiger partial charge in [0.25, 0.3) is 0 Å². The van der Waals surface area contributed by atoms with Crippen molar-refractivity contribution in [1.82, 2.24) is 4.90 Å². The molecular weight excluding hydrogens is 314 g/mol. The fourth-order valence-electron chi connectivity index (χ4n) is 2.77. The first kappa shape index (κ1) is 19.7. The van der Waals surface area contributed by atoms with Gasteiger partial charge in [0.05, 0.1) is 12.6 Å². The Bertz CT molecular complexity index is 509. The molecule has 6 heteroatoms. The minimum atomic E-state index is -0.153. The molecule has 2 atom stereocenters. The van der Waals surface area contributed by atoms with Crippen LogP contribution in [0.4, 0.5) is 5.69 Å². The SMILES string of the molecule is CCOc1ccc(NC(=O)C(C)N2CCC(C)(CN)C2)cc1.Cl. The van der Waals surface area contributed by atoms with Gasteiger partial charge in [-0.05, 0) is 63.0 Å². The molecule has 1 aromatic rings. The number of nitrogens with two attached hydrogens (primary N) is 1. The van der Waals surface area contributed by atoms with E-state index in [9.17, 15) is 4.79 Å². The highest BCUT2D eigenvalue weighted by Gasteiger charge is 2.36. The second-order valence-corrected chi connectivity index (χ2v) is 6.36. The number of carbonyl (C=O) groups is 1. The zero-order chi connectivity index (χ0) is 16.2. The molecule has 0 saturated carbocycles. The summed E-state index contributed by atoms with van der Waals surface area (Å²) in [5.74, 6) is 0.831. The number of carbonyl (C=O) groups excluding carboxylic acids is 1. The summed E-state index contributed by atoms with van der Waals surface area (Å²) in [6, 6.07) is 7.31. The molecule has 1 heterocycles. The van der Waals surface area contributed by atoms with Crippen molar-refractivity contribution in [3.63, 3.8) is 0 Å². The summed E-state index contributed by atoms with van der Waals surface area (Å²) in [6.07, 6.45) is 1.05. The smallest absolute Gasteiger partial charge is 0.241 e. The molecule has 1 aliphatic rings. The van der Waals surface area contributed by atoms with E-state index in [1.807, 2.05) is 38.1 Å². The highest BCUT2D eigenvalue weighted by atomic mass is 35.5. The standard InChI is InChI=1S/C17H27N3O2.ClH/c1-4-22-15-7-5-14(6-8-15)19-16(21)13(2)20-10-9-17(3,11-18)12-20;/h5-8,13H,4,9-12,18H2,1-3H3,(H,19,21);1H. The van der Waals surface area contributed by atoms with Crippen molar-refractivity contribution in [2.24, 2.45) is 11.1 Å². The molecule has 0 aromatic heterocycles. The molecule has 1 amide bonds. The predicted molar refractivity (Wildman–Crippen MR) is 96.3 cm³/mol. The number of ether oxygens (including phenoxy) is 1. The van der Waals surface area contributed by atoms with E-state index in [0.717, 1.165) is 30.9 Å². The van der Waals surface area contributed by atoms with Crippen LogP contribution >= 0.6 is 12.4 Å². The molecule has 0 aliphatic carbocycles. The first-order valence-electron chi connectivity index (χ1n) is 7.95. The van der Waals surface area contributed by atoms with Crippen molar-refractivity contribution < 1.29 is 9.53 Å². The Morgan fingerprint density at radius 1 is 1.43 bits per heavy atom. The maximum Gasteiger partial charge on any atom is 0.241 e. The Labute approximate surface area is 145 Å². The second-order valence-electron chi connectivity index (χ2n) is 6.36. The van der Waals surface area contributed by atoms with Gasteiger partial charge in [0.1, 0.15) is 5.75 Å². The molecule has 2 unspecified atom stereocenters. The molecule has 1 aliphatic heterocycles. The van der Waals surface area contributed by atoms with E-state index in [-0.39, 0.29) is 29.8 Å². The maximum atomic E-state index is 12.4. The summed E-state index contributed by atoms with van der Waals surface area (Å²) < 4.78 is 5.40. The predicted octanol–water partition coefficient (Wildman–Crippen LogP) is 2.50. The van der Waals surface area contributed by atoms with Crippen molar-refractivity contribution >= 4 is 24.0 Å². The van der Waals surface area contributed by atoms with Crippen LogP contribution in [0.25, 0.3) is 0 Å². The van der Waals surface area contributed by atoms with Gasteiger partial charge < -0.3 is 15.8 Å². The van der Waals surface area contributed by atoms with Crippen LogP contribution in [0.15, 0.2) is 24.3 Å². The molecule has 130 valence electrons. The maximum absolute atomic E-state index is 12.4. The van der Waals surface area contributed by atoms with E-state index >= 15 is 0 Å². The average Bonchev–Trinajstić information content (AvgIpc) is 2.92. The fourth-order valence-corrected chi connectivity index (χ4v) is 2.77. The number of amides is 1. The number of nitrogens with one attached hydrogen (secondary N) is 1. The molecule has 3 N–H and O–H groups in total. The third-order valence-corrected chi connectivity index (χ3v) is 4.44. The van der Waals surface area contributed by atoms with Gasteiger partial charge >= 0.3 is 0 Å². The monoisotopic (exact) mass is 341 g/mol. The number of likely N-dealkylation sites (tertiary alicyclic amines) is 1. The number of anilines is 1. The van der Waals surface area contributed by atoms with Gasteiger partial charge in [-0.25, -0.2) is 0 Å². The molecule has 1 saturated heterocycles. The van der Waals surface area contributed by atoms with Crippen molar-refractivity contribution in [3.8, 4) is 5.75 Å². The van der Waals surface area contributed by atoms with Crippen LogP contribution < -0.4 is 15.8 Å². The Morgan fingerprint density at radius 3 is 2.61 bits per heavy atom. The summed E-state index contributed by atoms with van der Waals surface area (Å²) >= 11 is 0. The Balaban J connectivity index is 0.00000264. The lowest BCUT2D eigenvalue weighted by molar-refractivity contribution is -0.120. The number of halogens is 1. The minimum Gasteiger partial charge on any atom is -0.494 e. The van der Waals surface area contributed by atoms with Crippen molar-refractivity contribution in [3.05, 3.63) is 24.3 Å². The lowest BCUT2D eigenvalue weighted by atomic mass is 9.90. The van der Waals surface area contributed by atoms with Crippen LogP contribution in [-0.2, 0) is 4.79 Å². The van der Waals surface area contributed by atoms with E-state index in [2.05, 4.69) is 17.1 Å². The third kappa shape index (κ3) is 5.09. The highest BCUT2D eigenvalue weighted by molar-refractivity contribution is 5.94. The lowest BCUT2D eigenvalue weighted by Gasteiger charge is -2.26. The van der Waals surface area contributed by atoms with Gasteiger partial charge in [-0.3, -0.25) is 9.69 Å². The number of hydrogen-bond donors (Lipinski definition) is 2. The highest BCUT2D eigenvalue weighted by Crippen LogP contribution is 2.30. The number of hydrogen-bond acceptors (Lipinski definition) is 4. The van der Waals surface area contributed by atoms with Crippen LogP contribution in [-0.4, -0.2) is 43.1 Å². The van der Waals surface area contributed by atoms with E-state index in [1.54, 1.807) is 0 Å². The van der Waals surface area contributed by atoms with E-state index in [0.29, 0.717) is 13.2 Å². The minimum absolute atomic E-state index is 0. The van der Waals surface area contributed by atoms with E-state index in [1.165, 1.54) is 0 Å². The topological polar surface area (TPSA) is 67.6 Å². The van der Waals surface area contributed by atoms with Crippen LogP contribution in [0.5, 0.6) is 5.75 Å². The second kappa shape index (κ2) is 8.52. The van der Waals surface area contributed by atoms with E-state index in [4.69, 9.17) is 10.5 Å². The number of benzene rings is 1. The molecule has 5 nitrogen and oxygen atoms in total. The van der Waals surface area contributed by atoms with Crippen LogP contribution in [0.2, 0.25) is 0 Å². The van der Waals surface area contributed by atoms with Gasteiger partial charge in [-0.2, -0.15) is 0 Å². The molecule has 0 radical (unpaired) electrons. The van der Waals surface area contributed by atoms with Crippen LogP contribution in [0.3, 0.4) is 0 Å². The lowest BCUT2D eigenvalue weighted by Crippen LogP contribution is -2.42. The van der Waals surface area contributed by atoms with Crippen molar-refractivity contribution in [2.45, 2.75) is 33.2 Å². The zero-order valence-electron chi connectivity index (χ0n) is 14.2. The average molecular weight is 342 g/mol. The third-order valence-electron chi connectivity index (χ3n) is 4.44. The zero-order valence-corrected chi connectivity index (χ0v) is 15.0. The largest absolute Gasteiger partial charge is 0.494 e. The van der Waals surface area contributed by atoms with Gasteiger partial charge in [0, 0.05) is 12.2 Å². The molecular formula is C17H28ClN3O2. The van der Waals surface area contributed by atoms with Gasteiger partial charge in [0.15, 0.2) is 0 Å². The molecule has 0 bridgehead atoms. The molecule has 1 aromatic carbocycles. The normalized spacial score (nSPS) is 22.3. The van der Waals surface area contributed by atoms with Crippen molar-refractivity contribution in [2.75, 3.05) is 31.6 Å². The van der Waals surface area contributed by atoms with Gasteiger partial charge in [-0.1, -0.05) is 6.92 Å². The van der Waals surface area contributed by atoms with E-state index < -0.39 is 0 Å². The quantitative estimate of drug-likeness (QED) is 0.834. The first-order chi connectivity index (χ1) is 10.5. The summed E-state index contributed by atoms with van der Waals surface area (Å²) in [5, 5.41) is 2.97. The number of nitrogens with zero attached hydrogens (tertiary/aromatic N) is 1. The first-order valence-corrected chi connectivity index (χ1v) is 7.95. The molecule has 1 fully saturated rings. The summed E-state index contributed by atoms with van der Waals surface area (Å²) in [7, 11) is 0. The van der Waals surface area contributed by atoms with Crippen molar-refractivity contribution in [1.29, 1.82) is 0 Å². The van der Waals surface area contributed by atoms with Gasteiger partial charge in [-0.15, -0.1) is 12.4 Å². The molecule has 0 spiro atoms. The van der Waals surface area contributed by atoms with Crippen LogP contribution in [0.1, 0.15) is 27.2 Å². The summed E-state index contributed by atoms with van der Waals surface area (Å²) in [4.78, 5) is 14.6. The Kier molecular flexibility index (Phi) is 7.32. The summed E-state index contributed by atoms with van der Waals surface area (Å²) in [6.45, 7) is 9.18. The Hall–Kier alpha value is -1.30. The molecule has 2 rings (SSSR count). The summed E-state index contributed by atoms with van der Waals surface area (Å²) in [5.41, 5.74) is 6.76. The molecule has 23 heavy (non-hydrogen) atoms.